The fraction of sp³-hybridized carbons (Fsp3) is 0.333. The van der Waals surface area contributed by atoms with E-state index < -0.39 is 34.3 Å². The first-order valence-corrected chi connectivity index (χ1v) is 14.7. The topological polar surface area (TPSA) is 105 Å². The summed E-state index contributed by atoms with van der Waals surface area (Å²) < 4.78 is 52.8. The van der Waals surface area contributed by atoms with Gasteiger partial charge in [-0.05, 0) is 79.1 Å². The Labute approximate surface area is 240 Å². The van der Waals surface area contributed by atoms with Crippen molar-refractivity contribution in [1.82, 2.24) is 10.2 Å². The monoisotopic (exact) mass is 585 g/mol. The molecule has 0 radical (unpaired) electrons. The molecule has 9 nitrogen and oxygen atoms in total. The van der Waals surface area contributed by atoms with E-state index in [2.05, 4.69) is 5.32 Å². The SMILES string of the molecule is CCCNC(=O)C(CC)N(Cc1ccc(OC)cc1)C(=O)CN(c1ccc(F)cc1)S(=O)(=O)c1ccc(OC)cc1. The second kappa shape index (κ2) is 14.5. The largest absolute Gasteiger partial charge is 0.497 e. The van der Waals surface area contributed by atoms with Crippen LogP contribution in [0.25, 0.3) is 0 Å². The predicted octanol–water partition coefficient (Wildman–Crippen LogP) is 4.37. The first-order valence-electron chi connectivity index (χ1n) is 13.3. The molecule has 11 heteroatoms. The molecule has 1 N–H and O–H groups in total. The van der Waals surface area contributed by atoms with Gasteiger partial charge in [0, 0.05) is 13.1 Å². The Hall–Kier alpha value is -4.12. The number of hydrogen-bond donors (Lipinski definition) is 1. The zero-order chi connectivity index (χ0) is 30.0. The van der Waals surface area contributed by atoms with E-state index in [0.717, 1.165) is 22.0 Å². The van der Waals surface area contributed by atoms with Gasteiger partial charge >= 0.3 is 0 Å². The summed E-state index contributed by atoms with van der Waals surface area (Å²) in [7, 11) is -1.27. The van der Waals surface area contributed by atoms with Crippen LogP contribution in [-0.4, -0.2) is 58.5 Å². The van der Waals surface area contributed by atoms with Crippen molar-refractivity contribution in [1.29, 1.82) is 0 Å². The number of benzene rings is 3. The fourth-order valence-corrected chi connectivity index (χ4v) is 5.64. The zero-order valence-corrected chi connectivity index (χ0v) is 24.5. The summed E-state index contributed by atoms with van der Waals surface area (Å²) in [5.41, 5.74) is 0.829. The highest BCUT2D eigenvalue weighted by Gasteiger charge is 2.33. The number of nitrogens with one attached hydrogen (secondary N) is 1. The van der Waals surface area contributed by atoms with E-state index in [1.807, 2.05) is 6.92 Å². The number of sulfonamides is 1. The van der Waals surface area contributed by atoms with Gasteiger partial charge in [0.1, 0.15) is 29.9 Å². The third-order valence-electron chi connectivity index (χ3n) is 6.49. The van der Waals surface area contributed by atoms with Gasteiger partial charge in [0.15, 0.2) is 0 Å². The van der Waals surface area contributed by atoms with E-state index in [1.165, 1.54) is 48.4 Å². The van der Waals surface area contributed by atoms with Crippen molar-refractivity contribution >= 4 is 27.5 Å². The van der Waals surface area contributed by atoms with E-state index in [0.29, 0.717) is 30.9 Å². The molecule has 0 aromatic heterocycles. The molecule has 3 rings (SSSR count). The third-order valence-corrected chi connectivity index (χ3v) is 8.28. The molecule has 1 unspecified atom stereocenters. The minimum atomic E-state index is -4.28. The van der Waals surface area contributed by atoms with Crippen LogP contribution in [0.3, 0.4) is 0 Å². The van der Waals surface area contributed by atoms with Crippen molar-refractivity contribution < 1.29 is 31.9 Å². The summed E-state index contributed by atoms with van der Waals surface area (Å²) in [6, 6.07) is 16.8. The van der Waals surface area contributed by atoms with Crippen LogP contribution in [0.1, 0.15) is 32.3 Å². The van der Waals surface area contributed by atoms with Crippen molar-refractivity contribution in [2.24, 2.45) is 0 Å². The second-order valence-electron chi connectivity index (χ2n) is 9.25. The average molecular weight is 586 g/mol. The van der Waals surface area contributed by atoms with Crippen LogP contribution in [0.4, 0.5) is 10.1 Å². The molecule has 0 fully saturated rings. The molecule has 0 spiro atoms. The zero-order valence-electron chi connectivity index (χ0n) is 23.7. The van der Waals surface area contributed by atoms with E-state index in [-0.39, 0.29) is 23.0 Å². The van der Waals surface area contributed by atoms with Crippen molar-refractivity contribution in [3.63, 3.8) is 0 Å². The first-order chi connectivity index (χ1) is 19.6. The van der Waals surface area contributed by atoms with Gasteiger partial charge in [0.05, 0.1) is 24.8 Å². The van der Waals surface area contributed by atoms with Crippen LogP contribution in [0, 0.1) is 5.82 Å². The van der Waals surface area contributed by atoms with Crippen LogP contribution in [-0.2, 0) is 26.2 Å². The molecule has 41 heavy (non-hydrogen) atoms. The second-order valence-corrected chi connectivity index (χ2v) is 11.1. The van der Waals surface area contributed by atoms with E-state index in [1.54, 1.807) is 38.3 Å². The molecule has 0 aliphatic heterocycles. The van der Waals surface area contributed by atoms with Gasteiger partial charge < -0.3 is 19.7 Å². The molecule has 0 aliphatic carbocycles. The smallest absolute Gasteiger partial charge is 0.264 e. The van der Waals surface area contributed by atoms with Gasteiger partial charge in [-0.3, -0.25) is 13.9 Å². The Morgan fingerprint density at radius 1 is 0.878 bits per heavy atom. The van der Waals surface area contributed by atoms with Crippen molar-refractivity contribution in [2.75, 3.05) is 31.6 Å². The molecule has 0 heterocycles. The normalized spacial score (nSPS) is 11.8. The summed E-state index contributed by atoms with van der Waals surface area (Å²) in [5, 5.41) is 2.84. The number of anilines is 1. The van der Waals surface area contributed by atoms with Crippen LogP contribution in [0.2, 0.25) is 0 Å². The summed E-state index contributed by atoms with van der Waals surface area (Å²) in [5.74, 6) is -0.389. The van der Waals surface area contributed by atoms with Gasteiger partial charge in [-0.15, -0.1) is 0 Å². The Morgan fingerprint density at radius 3 is 1.95 bits per heavy atom. The first kappa shape index (κ1) is 31.4. The number of ether oxygens (including phenoxy) is 2. The van der Waals surface area contributed by atoms with E-state index in [9.17, 15) is 22.4 Å². The number of amides is 2. The highest BCUT2D eigenvalue weighted by molar-refractivity contribution is 7.92. The fourth-order valence-electron chi connectivity index (χ4n) is 4.22. The van der Waals surface area contributed by atoms with Crippen LogP contribution < -0.4 is 19.1 Å². The molecule has 0 saturated heterocycles. The number of rotatable bonds is 14. The van der Waals surface area contributed by atoms with Crippen LogP contribution >= 0.6 is 0 Å². The molecule has 0 aliphatic rings. The molecular formula is C30H36FN3O6S. The molecule has 1 atom stereocenters. The highest BCUT2D eigenvalue weighted by atomic mass is 32.2. The predicted molar refractivity (Wildman–Crippen MR) is 155 cm³/mol. The molecule has 2 amide bonds. The van der Waals surface area contributed by atoms with Crippen LogP contribution in [0.5, 0.6) is 11.5 Å². The molecule has 0 bridgehead atoms. The van der Waals surface area contributed by atoms with E-state index >= 15 is 0 Å². The Morgan fingerprint density at radius 2 is 1.44 bits per heavy atom. The molecule has 3 aromatic carbocycles. The van der Waals surface area contributed by atoms with E-state index in [4.69, 9.17) is 9.47 Å². The number of halogens is 1. The lowest BCUT2D eigenvalue weighted by Crippen LogP contribution is -2.52. The maximum atomic E-state index is 14.0. The summed E-state index contributed by atoms with van der Waals surface area (Å²) in [6.07, 6.45) is 1.02. The van der Waals surface area contributed by atoms with Gasteiger partial charge in [-0.2, -0.15) is 0 Å². The number of nitrogens with zero attached hydrogens (tertiary/aromatic N) is 2. The standard InChI is InChI=1S/C30H36FN3O6S/c1-5-19-32-30(36)28(6-2)33(20-22-7-13-25(39-3)14-8-22)29(35)21-34(24-11-9-23(31)10-12-24)41(37,38)27-17-15-26(40-4)16-18-27/h7-18,28H,5-6,19-21H2,1-4H3,(H,32,36). The molecular weight excluding hydrogens is 549 g/mol. The minimum Gasteiger partial charge on any atom is -0.497 e. The molecule has 220 valence electrons. The van der Waals surface area contributed by atoms with Crippen molar-refractivity contribution in [3.8, 4) is 11.5 Å². The Bertz CT molecular complexity index is 1400. The highest BCUT2D eigenvalue weighted by Crippen LogP contribution is 2.26. The lowest BCUT2D eigenvalue weighted by molar-refractivity contribution is -0.140. The number of carbonyl (C=O) groups excluding carboxylic acids is 2. The lowest BCUT2D eigenvalue weighted by atomic mass is 10.1. The third kappa shape index (κ3) is 7.97. The Kier molecular flexibility index (Phi) is 11.1. The maximum Gasteiger partial charge on any atom is 0.264 e. The average Bonchev–Trinajstić information content (AvgIpc) is 2.99. The lowest BCUT2D eigenvalue weighted by Gasteiger charge is -2.33. The van der Waals surface area contributed by atoms with Crippen LogP contribution in [0.15, 0.2) is 77.7 Å². The summed E-state index contributed by atoms with van der Waals surface area (Å²) in [6.45, 7) is 3.59. The summed E-state index contributed by atoms with van der Waals surface area (Å²) >= 11 is 0. The number of carbonyl (C=O) groups is 2. The minimum absolute atomic E-state index is 0.0563. The number of methoxy groups -OCH3 is 2. The van der Waals surface area contributed by atoms with Gasteiger partial charge in [-0.25, -0.2) is 12.8 Å². The molecule has 3 aromatic rings. The Balaban J connectivity index is 2.04. The van der Waals surface area contributed by atoms with Gasteiger partial charge in [-0.1, -0.05) is 26.0 Å². The van der Waals surface area contributed by atoms with Gasteiger partial charge in [0.2, 0.25) is 11.8 Å². The number of hydrogen-bond acceptors (Lipinski definition) is 6. The molecule has 0 saturated carbocycles. The van der Waals surface area contributed by atoms with Crippen molar-refractivity contribution in [3.05, 3.63) is 84.2 Å². The quantitative estimate of drug-likeness (QED) is 0.301. The van der Waals surface area contributed by atoms with Gasteiger partial charge in [0.25, 0.3) is 10.0 Å². The summed E-state index contributed by atoms with van der Waals surface area (Å²) in [4.78, 5) is 28.4. The maximum absolute atomic E-state index is 14.0. The van der Waals surface area contributed by atoms with Crippen molar-refractivity contribution in [2.45, 2.75) is 44.2 Å².